The highest BCUT2D eigenvalue weighted by Gasteiger charge is 2.13. The van der Waals surface area contributed by atoms with E-state index >= 15 is 0 Å². The zero-order chi connectivity index (χ0) is 14.0. The topological polar surface area (TPSA) is 9.23 Å². The number of ether oxygens (including phenoxy) is 1. The van der Waals surface area contributed by atoms with Gasteiger partial charge in [0.1, 0.15) is 11.5 Å². The average Bonchev–Trinajstić information content (AvgIpc) is 2.26. The molecule has 0 unspecified atom stereocenters. The van der Waals surface area contributed by atoms with Gasteiger partial charge in [0.15, 0.2) is 0 Å². The van der Waals surface area contributed by atoms with Crippen molar-refractivity contribution in [2.24, 2.45) is 0 Å². The summed E-state index contributed by atoms with van der Waals surface area (Å²) < 4.78 is 5.74. The van der Waals surface area contributed by atoms with Gasteiger partial charge in [-0.15, -0.1) is 0 Å². The molecule has 0 aliphatic heterocycles. The molecule has 0 aliphatic carbocycles. The fourth-order valence-corrected chi connectivity index (χ4v) is 2.25. The molecule has 0 fully saturated rings. The van der Waals surface area contributed by atoms with Gasteiger partial charge in [-0.2, -0.15) is 0 Å². The summed E-state index contributed by atoms with van der Waals surface area (Å²) >= 11 is 11.9. The Hall–Kier alpha value is -1.18. The number of hydrogen-bond donors (Lipinski definition) is 0. The van der Waals surface area contributed by atoms with E-state index in [-0.39, 0.29) is 5.41 Å². The molecule has 19 heavy (non-hydrogen) atoms. The van der Waals surface area contributed by atoms with Crippen molar-refractivity contribution in [3.63, 3.8) is 0 Å². The van der Waals surface area contributed by atoms with Gasteiger partial charge in [-0.3, -0.25) is 0 Å². The highest BCUT2D eigenvalue weighted by molar-refractivity contribution is 6.34. The second-order valence-electron chi connectivity index (χ2n) is 5.48. The summed E-state index contributed by atoms with van der Waals surface area (Å²) in [6.45, 7) is 6.54. The zero-order valence-corrected chi connectivity index (χ0v) is 12.7. The number of benzene rings is 2. The van der Waals surface area contributed by atoms with E-state index in [0.29, 0.717) is 15.8 Å². The van der Waals surface area contributed by atoms with Crippen molar-refractivity contribution in [2.75, 3.05) is 0 Å². The Bertz CT molecular complexity index is 548. The Morgan fingerprint density at radius 1 is 0.789 bits per heavy atom. The maximum atomic E-state index is 5.94. The minimum absolute atomic E-state index is 0.137. The summed E-state index contributed by atoms with van der Waals surface area (Å²) in [6, 6.07) is 13.2. The summed E-state index contributed by atoms with van der Waals surface area (Å²) in [5.41, 5.74) is 1.40. The largest absolute Gasteiger partial charge is 0.457 e. The molecule has 2 rings (SSSR count). The van der Waals surface area contributed by atoms with E-state index in [0.717, 1.165) is 5.75 Å². The molecule has 0 spiro atoms. The van der Waals surface area contributed by atoms with Crippen LogP contribution in [0.2, 0.25) is 10.0 Å². The van der Waals surface area contributed by atoms with Crippen molar-refractivity contribution < 1.29 is 4.74 Å². The Labute approximate surface area is 124 Å². The average molecular weight is 295 g/mol. The van der Waals surface area contributed by atoms with Gasteiger partial charge in [0.2, 0.25) is 0 Å². The van der Waals surface area contributed by atoms with Gasteiger partial charge < -0.3 is 4.74 Å². The van der Waals surface area contributed by atoms with Crippen LogP contribution >= 0.6 is 23.2 Å². The third-order valence-electron chi connectivity index (χ3n) is 2.79. The third-order valence-corrected chi connectivity index (χ3v) is 3.23. The maximum absolute atomic E-state index is 5.94. The van der Waals surface area contributed by atoms with Gasteiger partial charge in [0.25, 0.3) is 0 Å². The molecule has 0 radical (unpaired) electrons. The normalized spacial score (nSPS) is 11.4. The molecule has 0 heterocycles. The van der Waals surface area contributed by atoms with Crippen LogP contribution in [0.5, 0.6) is 11.5 Å². The summed E-state index contributed by atoms with van der Waals surface area (Å²) in [4.78, 5) is 0. The van der Waals surface area contributed by atoms with E-state index in [1.807, 2.05) is 12.1 Å². The Morgan fingerprint density at radius 3 is 1.79 bits per heavy atom. The predicted molar refractivity (Wildman–Crippen MR) is 81.7 cm³/mol. The second kappa shape index (κ2) is 5.44. The molecule has 0 saturated carbocycles. The van der Waals surface area contributed by atoms with Gasteiger partial charge >= 0.3 is 0 Å². The lowest BCUT2D eigenvalue weighted by Gasteiger charge is -2.19. The van der Waals surface area contributed by atoms with E-state index < -0.39 is 0 Å². The number of hydrogen-bond acceptors (Lipinski definition) is 1. The quantitative estimate of drug-likeness (QED) is 0.652. The van der Waals surface area contributed by atoms with Gasteiger partial charge in [0.05, 0.1) is 0 Å². The van der Waals surface area contributed by atoms with Crippen LogP contribution in [0, 0.1) is 0 Å². The summed E-state index contributed by atoms with van der Waals surface area (Å²) in [6.07, 6.45) is 0. The van der Waals surface area contributed by atoms with Crippen molar-refractivity contribution in [3.05, 3.63) is 58.1 Å². The SMILES string of the molecule is CC(C)(C)c1ccc(Oc2cc(Cl)cc(Cl)c2)cc1. The molecule has 0 aromatic heterocycles. The minimum atomic E-state index is 0.137. The molecule has 100 valence electrons. The lowest BCUT2D eigenvalue weighted by molar-refractivity contribution is 0.481. The molecule has 1 nitrogen and oxygen atoms in total. The van der Waals surface area contributed by atoms with E-state index in [4.69, 9.17) is 27.9 Å². The smallest absolute Gasteiger partial charge is 0.130 e. The van der Waals surface area contributed by atoms with Crippen molar-refractivity contribution in [1.82, 2.24) is 0 Å². The van der Waals surface area contributed by atoms with Crippen LogP contribution in [0.15, 0.2) is 42.5 Å². The molecular weight excluding hydrogens is 279 g/mol. The van der Waals surface area contributed by atoms with Gasteiger partial charge in [0, 0.05) is 10.0 Å². The second-order valence-corrected chi connectivity index (χ2v) is 6.35. The van der Waals surface area contributed by atoms with Crippen LogP contribution < -0.4 is 4.74 Å². The first-order chi connectivity index (χ1) is 8.84. The van der Waals surface area contributed by atoms with Gasteiger partial charge in [-0.05, 0) is 41.3 Å². The summed E-state index contributed by atoms with van der Waals surface area (Å²) in [5, 5.41) is 1.13. The first-order valence-corrected chi connectivity index (χ1v) is 6.85. The first-order valence-electron chi connectivity index (χ1n) is 6.09. The Kier molecular flexibility index (Phi) is 4.07. The summed E-state index contributed by atoms with van der Waals surface area (Å²) in [5.74, 6) is 1.41. The predicted octanol–water partition coefficient (Wildman–Crippen LogP) is 6.08. The number of rotatable bonds is 2. The van der Waals surface area contributed by atoms with E-state index in [1.165, 1.54) is 5.56 Å². The van der Waals surface area contributed by atoms with Crippen LogP contribution in [0.1, 0.15) is 26.3 Å². The van der Waals surface area contributed by atoms with Crippen LogP contribution in [0.25, 0.3) is 0 Å². The monoisotopic (exact) mass is 294 g/mol. The van der Waals surface area contributed by atoms with Crippen molar-refractivity contribution >= 4 is 23.2 Å². The van der Waals surface area contributed by atoms with Crippen LogP contribution in [-0.2, 0) is 5.41 Å². The van der Waals surface area contributed by atoms with E-state index in [9.17, 15) is 0 Å². The molecule has 2 aromatic carbocycles. The minimum Gasteiger partial charge on any atom is -0.457 e. The highest BCUT2D eigenvalue weighted by atomic mass is 35.5. The van der Waals surface area contributed by atoms with Crippen molar-refractivity contribution in [2.45, 2.75) is 26.2 Å². The third kappa shape index (κ3) is 3.89. The Balaban J connectivity index is 2.20. The highest BCUT2D eigenvalue weighted by Crippen LogP contribution is 2.30. The van der Waals surface area contributed by atoms with Crippen LogP contribution in [0.3, 0.4) is 0 Å². The fraction of sp³-hybridized carbons (Fsp3) is 0.250. The lowest BCUT2D eigenvalue weighted by Crippen LogP contribution is -2.10. The standard InChI is InChI=1S/C16H16Cl2O/c1-16(2,3)11-4-6-14(7-5-11)19-15-9-12(17)8-13(18)10-15/h4-10H,1-3H3. The lowest BCUT2D eigenvalue weighted by atomic mass is 9.87. The summed E-state index contributed by atoms with van der Waals surface area (Å²) in [7, 11) is 0. The van der Waals surface area contributed by atoms with Gasteiger partial charge in [-0.25, -0.2) is 0 Å². The maximum Gasteiger partial charge on any atom is 0.130 e. The number of halogens is 2. The molecule has 2 aromatic rings. The van der Waals surface area contributed by atoms with Crippen molar-refractivity contribution in [1.29, 1.82) is 0 Å². The molecule has 0 saturated heterocycles. The van der Waals surface area contributed by atoms with E-state index in [2.05, 4.69) is 32.9 Å². The molecule has 0 aliphatic rings. The first kappa shape index (κ1) is 14.2. The van der Waals surface area contributed by atoms with Gasteiger partial charge in [-0.1, -0.05) is 56.1 Å². The molecule has 0 N–H and O–H groups in total. The van der Waals surface area contributed by atoms with Crippen LogP contribution in [0.4, 0.5) is 0 Å². The van der Waals surface area contributed by atoms with E-state index in [1.54, 1.807) is 18.2 Å². The molecule has 0 amide bonds. The molecular formula is C16H16Cl2O. The molecule has 3 heteroatoms. The van der Waals surface area contributed by atoms with Crippen molar-refractivity contribution in [3.8, 4) is 11.5 Å². The van der Waals surface area contributed by atoms with Crippen LogP contribution in [-0.4, -0.2) is 0 Å². The Morgan fingerprint density at radius 2 is 1.32 bits per heavy atom. The zero-order valence-electron chi connectivity index (χ0n) is 11.2. The molecule has 0 atom stereocenters. The fourth-order valence-electron chi connectivity index (χ4n) is 1.75. The molecule has 0 bridgehead atoms.